The maximum atomic E-state index is 12.6. The number of amides is 2. The number of aromatic nitrogens is 1. The molecule has 0 atom stereocenters. The molecule has 6 nitrogen and oxygen atoms in total. The van der Waals surface area contributed by atoms with Gasteiger partial charge in [0.1, 0.15) is 0 Å². The number of carbonyl (C=O) groups excluding carboxylic acids is 2. The highest BCUT2D eigenvalue weighted by Crippen LogP contribution is 2.61. The normalized spacial score (nSPS) is 32.9. The molecule has 1 aliphatic heterocycles. The molecule has 5 aliphatic rings. The summed E-state index contributed by atoms with van der Waals surface area (Å²) in [4.78, 5) is 32.0. The van der Waals surface area contributed by atoms with Gasteiger partial charge in [-0.2, -0.15) is 0 Å². The van der Waals surface area contributed by atoms with Gasteiger partial charge in [-0.25, -0.2) is 4.98 Å². The first kappa shape index (κ1) is 21.4. The van der Waals surface area contributed by atoms with E-state index < -0.39 is 0 Å². The molecule has 170 valence electrons. The molecular weight excluding hydrogens is 408 g/mol. The van der Waals surface area contributed by atoms with E-state index in [2.05, 4.69) is 27.4 Å². The van der Waals surface area contributed by atoms with E-state index in [1.165, 1.54) is 62.7 Å². The summed E-state index contributed by atoms with van der Waals surface area (Å²) < 4.78 is 0. The van der Waals surface area contributed by atoms with Gasteiger partial charge in [-0.15, -0.1) is 11.3 Å². The average Bonchev–Trinajstić information content (AvgIpc) is 3.13. The highest BCUT2D eigenvalue weighted by molar-refractivity contribution is 7.13. The molecule has 7 heteroatoms. The van der Waals surface area contributed by atoms with Gasteiger partial charge in [0, 0.05) is 18.3 Å². The Hall–Kier alpha value is -1.47. The van der Waals surface area contributed by atoms with Crippen molar-refractivity contribution in [3.63, 3.8) is 0 Å². The zero-order valence-corrected chi connectivity index (χ0v) is 19.5. The fraction of sp³-hybridized carbons (Fsp3) is 0.792. The lowest BCUT2D eigenvalue weighted by Crippen LogP contribution is -2.48. The van der Waals surface area contributed by atoms with Crippen molar-refractivity contribution >= 4 is 28.3 Å². The van der Waals surface area contributed by atoms with Gasteiger partial charge in [0.15, 0.2) is 5.13 Å². The molecule has 6 rings (SSSR count). The van der Waals surface area contributed by atoms with Crippen LogP contribution in [0.4, 0.5) is 5.13 Å². The van der Waals surface area contributed by atoms with Crippen LogP contribution < -0.4 is 10.6 Å². The minimum Gasteiger partial charge on any atom is -0.347 e. The summed E-state index contributed by atoms with van der Waals surface area (Å²) in [5, 5.41) is 8.38. The molecule has 1 saturated heterocycles. The lowest BCUT2D eigenvalue weighted by atomic mass is 9.49. The van der Waals surface area contributed by atoms with Gasteiger partial charge >= 0.3 is 0 Å². The highest BCUT2D eigenvalue weighted by Gasteiger charge is 2.51. The first-order valence-corrected chi connectivity index (χ1v) is 13.1. The van der Waals surface area contributed by atoms with Crippen LogP contribution in [0.25, 0.3) is 0 Å². The SMILES string of the molecule is CC1CCN(Cc2csc(NC(=O)CNC(=O)CC34CC5CC(CC(C5)C3)C4)n2)CC1. The molecule has 4 saturated carbocycles. The molecule has 1 aromatic heterocycles. The monoisotopic (exact) mass is 444 g/mol. The van der Waals surface area contributed by atoms with Crippen LogP contribution in [0, 0.1) is 29.1 Å². The molecule has 1 aromatic rings. The van der Waals surface area contributed by atoms with Gasteiger partial charge in [0.25, 0.3) is 0 Å². The molecule has 2 N–H and O–H groups in total. The molecule has 31 heavy (non-hydrogen) atoms. The van der Waals surface area contributed by atoms with Crippen LogP contribution >= 0.6 is 11.3 Å². The van der Waals surface area contributed by atoms with Gasteiger partial charge in [0.05, 0.1) is 12.2 Å². The topological polar surface area (TPSA) is 74.3 Å². The number of thiazole rings is 1. The van der Waals surface area contributed by atoms with Crippen LogP contribution in [0.15, 0.2) is 5.38 Å². The smallest absolute Gasteiger partial charge is 0.245 e. The van der Waals surface area contributed by atoms with E-state index in [1.54, 1.807) is 0 Å². The van der Waals surface area contributed by atoms with Gasteiger partial charge in [-0.3, -0.25) is 14.5 Å². The fourth-order valence-corrected chi connectivity index (χ4v) is 7.86. The summed E-state index contributed by atoms with van der Waals surface area (Å²) in [7, 11) is 0. The van der Waals surface area contributed by atoms with Crippen LogP contribution in [-0.4, -0.2) is 41.3 Å². The summed E-state index contributed by atoms with van der Waals surface area (Å²) in [5.74, 6) is 3.20. The molecular formula is C24H36N4O2S. The van der Waals surface area contributed by atoms with Crippen molar-refractivity contribution in [1.82, 2.24) is 15.2 Å². The molecule has 2 heterocycles. The maximum Gasteiger partial charge on any atom is 0.245 e. The zero-order chi connectivity index (χ0) is 21.4. The van der Waals surface area contributed by atoms with Crippen molar-refractivity contribution in [1.29, 1.82) is 0 Å². The second-order valence-corrected chi connectivity index (χ2v) is 11.9. The van der Waals surface area contributed by atoms with Crippen LogP contribution in [-0.2, 0) is 16.1 Å². The molecule has 0 spiro atoms. The molecule has 0 aromatic carbocycles. The number of hydrogen-bond donors (Lipinski definition) is 2. The summed E-state index contributed by atoms with van der Waals surface area (Å²) in [6, 6.07) is 0. The molecule has 2 amide bonds. The predicted molar refractivity (Wildman–Crippen MR) is 123 cm³/mol. The number of nitrogens with one attached hydrogen (secondary N) is 2. The number of hydrogen-bond acceptors (Lipinski definition) is 5. The third kappa shape index (κ3) is 5.14. The van der Waals surface area contributed by atoms with Crippen molar-refractivity contribution in [2.45, 2.75) is 71.3 Å². The third-order valence-electron chi connectivity index (χ3n) is 8.21. The lowest BCUT2D eigenvalue weighted by molar-refractivity contribution is -0.131. The van der Waals surface area contributed by atoms with Gasteiger partial charge < -0.3 is 10.6 Å². The first-order valence-electron chi connectivity index (χ1n) is 12.2. The summed E-state index contributed by atoms with van der Waals surface area (Å²) in [6.07, 6.45) is 10.9. The Morgan fingerprint density at radius 2 is 1.74 bits per heavy atom. The molecule has 5 fully saturated rings. The summed E-state index contributed by atoms with van der Waals surface area (Å²) in [6.45, 7) is 5.44. The highest BCUT2D eigenvalue weighted by atomic mass is 32.1. The Balaban J connectivity index is 1.05. The second kappa shape index (κ2) is 8.81. The van der Waals surface area contributed by atoms with E-state index in [9.17, 15) is 9.59 Å². The molecule has 4 aliphatic carbocycles. The van der Waals surface area contributed by atoms with Crippen molar-refractivity contribution in [2.75, 3.05) is 25.0 Å². The number of nitrogens with zero attached hydrogens (tertiary/aromatic N) is 2. The van der Waals surface area contributed by atoms with Gasteiger partial charge in [0.2, 0.25) is 11.8 Å². The molecule has 0 radical (unpaired) electrons. The Morgan fingerprint density at radius 1 is 1.10 bits per heavy atom. The quantitative estimate of drug-likeness (QED) is 0.666. The van der Waals surface area contributed by atoms with Crippen LogP contribution in [0.2, 0.25) is 0 Å². The fourth-order valence-electron chi connectivity index (χ4n) is 7.14. The second-order valence-electron chi connectivity index (χ2n) is 11.0. The van der Waals surface area contributed by atoms with Crippen molar-refractivity contribution in [3.05, 3.63) is 11.1 Å². The van der Waals surface area contributed by atoms with Crippen LogP contribution in [0.3, 0.4) is 0 Å². The van der Waals surface area contributed by atoms with E-state index in [1.807, 2.05) is 5.38 Å². The van der Waals surface area contributed by atoms with Crippen LogP contribution in [0.1, 0.15) is 70.4 Å². The Bertz CT molecular complexity index is 779. The standard InChI is InChI=1S/C24H36N4O2S/c1-16-2-4-28(5-3-16)14-20-15-31-23(26-20)27-22(30)13-25-21(29)12-24-9-17-6-18(10-24)8-19(7-17)11-24/h15-19H,2-14H2,1H3,(H,25,29)(H,26,27,30). The van der Waals surface area contributed by atoms with E-state index in [-0.39, 0.29) is 23.8 Å². The van der Waals surface area contributed by atoms with E-state index in [0.717, 1.165) is 49.0 Å². The minimum atomic E-state index is -0.188. The Kier molecular flexibility index (Phi) is 6.08. The molecule has 0 unspecified atom stereocenters. The number of rotatable bonds is 7. The lowest BCUT2D eigenvalue weighted by Gasteiger charge is -2.56. The average molecular weight is 445 g/mol. The predicted octanol–water partition coefficient (Wildman–Crippen LogP) is 4.04. The number of carbonyl (C=O) groups is 2. The largest absolute Gasteiger partial charge is 0.347 e. The Labute approximate surface area is 189 Å². The van der Waals surface area contributed by atoms with E-state index >= 15 is 0 Å². The number of anilines is 1. The zero-order valence-electron chi connectivity index (χ0n) is 18.7. The summed E-state index contributed by atoms with van der Waals surface area (Å²) in [5.41, 5.74) is 1.23. The van der Waals surface area contributed by atoms with Gasteiger partial charge in [-0.05, 0) is 93.5 Å². The minimum absolute atomic E-state index is 0.0319. The van der Waals surface area contributed by atoms with Crippen molar-refractivity contribution in [3.8, 4) is 0 Å². The van der Waals surface area contributed by atoms with Crippen molar-refractivity contribution in [2.24, 2.45) is 29.1 Å². The van der Waals surface area contributed by atoms with Crippen molar-refractivity contribution < 1.29 is 9.59 Å². The Morgan fingerprint density at radius 3 is 2.39 bits per heavy atom. The first-order chi connectivity index (χ1) is 14.9. The van der Waals surface area contributed by atoms with E-state index in [4.69, 9.17) is 0 Å². The summed E-state index contributed by atoms with van der Waals surface area (Å²) >= 11 is 1.46. The third-order valence-corrected chi connectivity index (χ3v) is 9.01. The number of piperidine rings is 1. The molecule has 4 bridgehead atoms. The van der Waals surface area contributed by atoms with Gasteiger partial charge in [-0.1, -0.05) is 6.92 Å². The van der Waals surface area contributed by atoms with Crippen LogP contribution in [0.5, 0.6) is 0 Å². The maximum absolute atomic E-state index is 12.6. The number of likely N-dealkylation sites (tertiary alicyclic amines) is 1. The van der Waals surface area contributed by atoms with E-state index in [0.29, 0.717) is 11.6 Å².